The molecule has 0 aliphatic heterocycles. The Morgan fingerprint density at radius 2 is 1.92 bits per heavy atom. The second-order valence-electron chi connectivity index (χ2n) is 7.42. The van der Waals surface area contributed by atoms with Crippen LogP contribution in [0.3, 0.4) is 0 Å². The molecule has 6 nitrogen and oxygen atoms in total. The second kappa shape index (κ2) is 7.98. The predicted octanol–water partition coefficient (Wildman–Crippen LogP) is 3.25. The molecule has 1 amide bonds. The van der Waals surface area contributed by atoms with Crippen LogP contribution in [0.4, 0.5) is 4.79 Å². The third-order valence-corrected chi connectivity index (χ3v) is 4.19. The van der Waals surface area contributed by atoms with Crippen LogP contribution < -0.4 is 5.32 Å². The van der Waals surface area contributed by atoms with E-state index in [1.54, 1.807) is 46.0 Å². The van der Waals surface area contributed by atoms with Crippen molar-refractivity contribution in [3.05, 3.63) is 30.1 Å². The average molecular weight is 353 g/mol. The van der Waals surface area contributed by atoms with Crippen LogP contribution in [0, 0.1) is 0 Å². The highest BCUT2D eigenvalue weighted by Gasteiger charge is 2.30. The third kappa shape index (κ3) is 6.88. The van der Waals surface area contributed by atoms with Crippen molar-refractivity contribution in [2.75, 3.05) is 0 Å². The first-order valence-electron chi connectivity index (χ1n) is 7.81. The van der Waals surface area contributed by atoms with E-state index in [9.17, 15) is 9.35 Å². The number of rotatable bonds is 4. The molecule has 1 N–H and O–H groups in total. The molecule has 1 rings (SSSR count). The number of pyridine rings is 1. The average Bonchev–Trinajstić information content (AvgIpc) is 2.41. The Morgan fingerprint density at radius 1 is 1.29 bits per heavy atom. The first-order chi connectivity index (χ1) is 10.9. The first kappa shape index (κ1) is 20.4. The van der Waals surface area contributed by atoms with Gasteiger partial charge in [0.25, 0.3) is 0 Å². The van der Waals surface area contributed by atoms with Crippen LogP contribution >= 0.6 is 0 Å². The summed E-state index contributed by atoms with van der Waals surface area (Å²) in [6, 6.07) is 4.87. The van der Waals surface area contributed by atoms with E-state index in [0.717, 1.165) is 0 Å². The number of carbonyl (C=O) groups excluding carboxylic acids is 1. The monoisotopic (exact) mass is 353 g/mol. The van der Waals surface area contributed by atoms with Gasteiger partial charge in [-0.1, -0.05) is 10.5 Å². The number of nitrogens with zero attached hydrogens (tertiary/aromatic N) is 2. The van der Waals surface area contributed by atoms with E-state index < -0.39 is 33.8 Å². The van der Waals surface area contributed by atoms with E-state index in [1.165, 1.54) is 0 Å². The van der Waals surface area contributed by atoms with Crippen LogP contribution in [0.2, 0.25) is 0 Å². The Labute approximate surface area is 147 Å². The molecule has 1 aromatic heterocycles. The summed E-state index contributed by atoms with van der Waals surface area (Å²) in [7, 11) is 0. The number of hydrogen-bond donors (Lipinski definition) is 1. The molecule has 1 aromatic rings. The van der Waals surface area contributed by atoms with Gasteiger partial charge in [0, 0.05) is 6.20 Å². The summed E-state index contributed by atoms with van der Waals surface area (Å²) < 4.78 is 21.5. The molecule has 0 saturated heterocycles. The van der Waals surface area contributed by atoms with Crippen LogP contribution in [0.1, 0.15) is 54.2 Å². The number of carbonyl (C=O) groups is 1. The van der Waals surface area contributed by atoms with Crippen molar-refractivity contribution in [3.8, 4) is 0 Å². The fourth-order valence-corrected chi connectivity index (χ4v) is 2.35. The predicted molar refractivity (Wildman–Crippen MR) is 97.5 cm³/mol. The Hall–Kier alpha value is -1.60. The number of aromatic nitrogens is 1. The van der Waals surface area contributed by atoms with Gasteiger partial charge in [-0.3, -0.25) is 4.98 Å². The van der Waals surface area contributed by atoms with Crippen molar-refractivity contribution in [2.45, 2.75) is 64.9 Å². The van der Waals surface area contributed by atoms with Gasteiger partial charge in [0.2, 0.25) is 0 Å². The zero-order valence-corrected chi connectivity index (χ0v) is 16.2. The minimum atomic E-state index is -1.47. The van der Waals surface area contributed by atoms with Crippen LogP contribution in [0.25, 0.3) is 0 Å². The molecule has 0 spiro atoms. The van der Waals surface area contributed by atoms with Crippen LogP contribution in [0.15, 0.2) is 28.8 Å². The number of amides is 1. The molecule has 134 valence electrons. The highest BCUT2D eigenvalue weighted by atomic mass is 32.2. The van der Waals surface area contributed by atoms with Gasteiger partial charge in [-0.2, -0.15) is 0 Å². The van der Waals surface area contributed by atoms with Crippen molar-refractivity contribution >= 4 is 23.2 Å². The highest BCUT2D eigenvalue weighted by Crippen LogP contribution is 2.19. The Kier molecular flexibility index (Phi) is 6.80. The summed E-state index contributed by atoms with van der Waals surface area (Å²) in [5, 5.41) is 2.73. The molecule has 7 heteroatoms. The van der Waals surface area contributed by atoms with Crippen molar-refractivity contribution in [2.24, 2.45) is 4.40 Å². The maximum absolute atomic E-state index is 12.4. The zero-order valence-electron chi connectivity index (χ0n) is 15.4. The SMILES string of the molecule is C[C@H](NC(=O)OC(C)(C)C)/C(=N/[S+]([O-])C(C)(C)C)c1ccccn1. The lowest BCUT2D eigenvalue weighted by molar-refractivity contribution is 0.0521. The second-order valence-corrected chi connectivity index (χ2v) is 9.33. The fraction of sp³-hybridized carbons (Fsp3) is 0.588. The summed E-state index contributed by atoms with van der Waals surface area (Å²) >= 11 is -1.47. The van der Waals surface area contributed by atoms with Gasteiger partial charge < -0.3 is 14.6 Å². The Balaban J connectivity index is 3.06. The van der Waals surface area contributed by atoms with Gasteiger partial charge in [0.15, 0.2) is 0 Å². The number of nitrogens with one attached hydrogen (secondary N) is 1. The van der Waals surface area contributed by atoms with Crippen LogP contribution in [-0.2, 0) is 16.1 Å². The minimum Gasteiger partial charge on any atom is -0.591 e. The highest BCUT2D eigenvalue weighted by molar-refractivity contribution is 7.91. The number of alkyl carbamates (subject to hydrolysis) is 1. The smallest absolute Gasteiger partial charge is 0.408 e. The molecule has 1 heterocycles. The molecule has 0 fully saturated rings. The summed E-state index contributed by atoms with van der Waals surface area (Å²) in [6.45, 7) is 12.7. The van der Waals surface area contributed by atoms with Crippen LogP contribution in [-0.4, -0.2) is 37.7 Å². The Morgan fingerprint density at radius 3 is 2.38 bits per heavy atom. The van der Waals surface area contributed by atoms with Crippen LogP contribution in [0.5, 0.6) is 0 Å². The summed E-state index contributed by atoms with van der Waals surface area (Å²) in [5.74, 6) is 0. The van der Waals surface area contributed by atoms with Gasteiger partial charge >= 0.3 is 6.09 Å². The van der Waals surface area contributed by atoms with Crippen molar-refractivity contribution in [1.29, 1.82) is 0 Å². The van der Waals surface area contributed by atoms with Gasteiger partial charge in [0.05, 0.1) is 11.7 Å². The van der Waals surface area contributed by atoms with Crippen molar-refractivity contribution in [3.63, 3.8) is 0 Å². The van der Waals surface area contributed by atoms with E-state index in [0.29, 0.717) is 11.4 Å². The number of hydrogen-bond acceptors (Lipinski definition) is 5. The number of ether oxygens (including phenoxy) is 1. The van der Waals surface area contributed by atoms with E-state index in [2.05, 4.69) is 14.7 Å². The van der Waals surface area contributed by atoms with Crippen molar-refractivity contribution < 1.29 is 14.1 Å². The molecule has 0 aliphatic carbocycles. The topological polar surface area (TPSA) is 86.6 Å². The minimum absolute atomic E-state index is 0.453. The lowest BCUT2D eigenvalue weighted by Crippen LogP contribution is -2.43. The lowest BCUT2D eigenvalue weighted by Gasteiger charge is -2.23. The van der Waals surface area contributed by atoms with Gasteiger partial charge in [0.1, 0.15) is 27.4 Å². The molecule has 0 aromatic carbocycles. The molecule has 0 radical (unpaired) electrons. The largest absolute Gasteiger partial charge is 0.591 e. The lowest BCUT2D eigenvalue weighted by atomic mass is 10.1. The fourth-order valence-electron chi connectivity index (χ4n) is 1.64. The van der Waals surface area contributed by atoms with Gasteiger partial charge in [-0.05, 0) is 60.6 Å². The van der Waals surface area contributed by atoms with Gasteiger partial charge in [-0.15, -0.1) is 0 Å². The quantitative estimate of drug-likeness (QED) is 0.665. The molecule has 0 aliphatic rings. The molecule has 0 bridgehead atoms. The summed E-state index contributed by atoms with van der Waals surface area (Å²) in [4.78, 5) is 16.3. The maximum atomic E-state index is 12.4. The van der Waals surface area contributed by atoms with E-state index in [-0.39, 0.29) is 0 Å². The molecule has 24 heavy (non-hydrogen) atoms. The molecule has 2 atom stereocenters. The third-order valence-electron chi connectivity index (χ3n) is 2.78. The summed E-state index contributed by atoms with van der Waals surface area (Å²) in [6.07, 6.45) is 1.07. The zero-order chi connectivity index (χ0) is 18.5. The molecule has 0 saturated carbocycles. The summed E-state index contributed by atoms with van der Waals surface area (Å²) in [5.41, 5.74) is 0.425. The van der Waals surface area contributed by atoms with Gasteiger partial charge in [-0.25, -0.2) is 4.79 Å². The Bertz CT molecular complexity index is 577. The normalized spacial score (nSPS) is 15.6. The van der Waals surface area contributed by atoms with E-state index in [1.807, 2.05) is 26.8 Å². The molecule has 1 unspecified atom stereocenters. The van der Waals surface area contributed by atoms with E-state index in [4.69, 9.17) is 4.74 Å². The maximum Gasteiger partial charge on any atom is 0.408 e. The standard InChI is InChI=1S/C17H27N3O3S/c1-12(19-15(21)23-16(2,3)4)14(13-10-8-9-11-18-13)20-24(22)17(5,6)7/h8-12H,1-7H3,(H,19,21)/b20-14-/t12-,24?/m0/s1. The first-order valence-corrected chi connectivity index (χ1v) is 8.92. The molecular weight excluding hydrogens is 326 g/mol. The van der Waals surface area contributed by atoms with Crippen molar-refractivity contribution in [1.82, 2.24) is 10.3 Å². The molecular formula is C17H27N3O3S. The van der Waals surface area contributed by atoms with E-state index >= 15 is 0 Å².